The van der Waals surface area contributed by atoms with E-state index in [-0.39, 0.29) is 37.7 Å². The number of rotatable bonds is 8. The lowest BCUT2D eigenvalue weighted by molar-refractivity contribution is -0.145. The zero-order valence-corrected chi connectivity index (χ0v) is 20.5. The summed E-state index contributed by atoms with van der Waals surface area (Å²) in [4.78, 5) is 14.9. The molecule has 1 N–H and O–H groups in total. The van der Waals surface area contributed by atoms with Gasteiger partial charge >= 0.3 is 5.97 Å². The lowest BCUT2D eigenvalue weighted by atomic mass is 9.94. The third-order valence-corrected chi connectivity index (χ3v) is 6.48. The summed E-state index contributed by atoms with van der Waals surface area (Å²) in [6.07, 6.45) is 0. The van der Waals surface area contributed by atoms with Gasteiger partial charge in [0.25, 0.3) is 0 Å². The number of aromatic hydroxyl groups is 1. The molecule has 0 saturated heterocycles. The van der Waals surface area contributed by atoms with E-state index in [0.29, 0.717) is 29.4 Å². The quantitative estimate of drug-likeness (QED) is 0.458. The van der Waals surface area contributed by atoms with E-state index in [2.05, 4.69) is 0 Å². The van der Waals surface area contributed by atoms with E-state index >= 15 is 0 Å². The van der Waals surface area contributed by atoms with Gasteiger partial charge in [-0.3, -0.25) is 9.69 Å². The number of nitrogens with zero attached hydrogens (tertiary/aromatic N) is 1. The maximum Gasteiger partial charge on any atom is 0.320 e. The Morgan fingerprint density at radius 3 is 2.44 bits per heavy atom. The lowest BCUT2D eigenvalue weighted by Crippen LogP contribution is -2.34. The predicted octanol–water partition coefficient (Wildman–Crippen LogP) is 4.59. The number of benzene rings is 3. The molecule has 2 heterocycles. The number of carbonyl (C=O) groups excluding carboxylic acids is 1. The van der Waals surface area contributed by atoms with E-state index < -0.39 is 6.04 Å². The number of ether oxygens (including phenoxy) is 5. The van der Waals surface area contributed by atoms with E-state index in [0.717, 1.165) is 22.4 Å². The van der Waals surface area contributed by atoms with Gasteiger partial charge < -0.3 is 28.8 Å². The smallest absolute Gasteiger partial charge is 0.320 e. The number of methoxy groups -OCH3 is 1. The minimum absolute atomic E-state index is 0.0156. The van der Waals surface area contributed by atoms with Crippen LogP contribution in [-0.2, 0) is 9.53 Å². The molecule has 36 heavy (non-hydrogen) atoms. The second kappa shape index (κ2) is 9.99. The zero-order valence-electron chi connectivity index (χ0n) is 20.5. The Kier molecular flexibility index (Phi) is 6.61. The van der Waals surface area contributed by atoms with Gasteiger partial charge in [0.2, 0.25) is 6.79 Å². The summed E-state index contributed by atoms with van der Waals surface area (Å²) in [6, 6.07) is 16.2. The molecule has 8 nitrogen and oxygen atoms in total. The molecule has 0 saturated carbocycles. The molecule has 0 amide bonds. The van der Waals surface area contributed by atoms with Crippen LogP contribution in [-0.4, -0.2) is 49.6 Å². The topological polar surface area (TPSA) is 86.7 Å². The van der Waals surface area contributed by atoms with Crippen molar-refractivity contribution in [2.24, 2.45) is 0 Å². The number of fused-ring (bicyclic) bond motifs is 2. The predicted molar refractivity (Wildman–Crippen MR) is 132 cm³/mol. The second-order valence-corrected chi connectivity index (χ2v) is 8.54. The first-order chi connectivity index (χ1) is 17.5. The van der Waals surface area contributed by atoms with Crippen LogP contribution in [0, 0.1) is 0 Å². The Labute approximate surface area is 209 Å². The molecular formula is C28H29NO7. The molecule has 0 aliphatic carbocycles. The van der Waals surface area contributed by atoms with Gasteiger partial charge in [-0.25, -0.2) is 0 Å². The van der Waals surface area contributed by atoms with Crippen molar-refractivity contribution in [2.75, 3.05) is 33.7 Å². The molecule has 3 aromatic carbocycles. The Hall–Kier alpha value is -3.91. The van der Waals surface area contributed by atoms with Crippen LogP contribution < -0.4 is 18.9 Å². The number of esters is 1. The van der Waals surface area contributed by atoms with E-state index in [9.17, 15) is 9.90 Å². The summed E-state index contributed by atoms with van der Waals surface area (Å²) < 4.78 is 27.6. The van der Waals surface area contributed by atoms with Crippen molar-refractivity contribution < 1.29 is 33.6 Å². The number of hydrogen-bond acceptors (Lipinski definition) is 8. The number of phenolic OH excluding ortho intramolecular Hbond substituents is 1. The molecule has 8 heteroatoms. The van der Waals surface area contributed by atoms with Crippen LogP contribution in [0.25, 0.3) is 0 Å². The van der Waals surface area contributed by atoms with Gasteiger partial charge in [0, 0.05) is 11.6 Å². The van der Waals surface area contributed by atoms with Gasteiger partial charge in [-0.2, -0.15) is 0 Å². The molecule has 0 unspecified atom stereocenters. The first-order valence-electron chi connectivity index (χ1n) is 12.0. The first-order valence-corrected chi connectivity index (χ1v) is 12.0. The maximum absolute atomic E-state index is 12.8. The van der Waals surface area contributed by atoms with Crippen LogP contribution in [0.2, 0.25) is 0 Å². The van der Waals surface area contributed by atoms with Crippen molar-refractivity contribution in [1.82, 2.24) is 4.90 Å². The van der Waals surface area contributed by atoms with Crippen LogP contribution in [0.5, 0.6) is 28.7 Å². The fraction of sp³-hybridized carbons (Fsp3) is 0.321. The third-order valence-electron chi connectivity index (χ3n) is 6.48. The highest BCUT2D eigenvalue weighted by atomic mass is 16.7. The Bertz CT molecular complexity index is 1270. The lowest BCUT2D eigenvalue weighted by Gasteiger charge is -2.31. The third kappa shape index (κ3) is 4.28. The minimum Gasteiger partial charge on any atom is -0.507 e. The average molecular weight is 492 g/mol. The highest BCUT2D eigenvalue weighted by Crippen LogP contribution is 2.52. The maximum atomic E-state index is 12.8. The fourth-order valence-corrected chi connectivity index (χ4v) is 5.02. The van der Waals surface area contributed by atoms with Crippen LogP contribution in [0.15, 0.2) is 54.6 Å². The summed E-state index contributed by atoms with van der Waals surface area (Å²) >= 11 is 0. The molecule has 0 aromatic heterocycles. The molecule has 3 aromatic rings. The van der Waals surface area contributed by atoms with Crippen molar-refractivity contribution in [1.29, 1.82) is 0 Å². The minimum atomic E-state index is -0.439. The van der Waals surface area contributed by atoms with Crippen molar-refractivity contribution in [3.05, 3.63) is 76.9 Å². The van der Waals surface area contributed by atoms with E-state index in [1.807, 2.05) is 54.3 Å². The monoisotopic (exact) mass is 491 g/mol. The summed E-state index contributed by atoms with van der Waals surface area (Å²) in [7, 11) is 1.55. The zero-order chi connectivity index (χ0) is 25.2. The van der Waals surface area contributed by atoms with Crippen LogP contribution >= 0.6 is 0 Å². The van der Waals surface area contributed by atoms with Gasteiger partial charge in [0.1, 0.15) is 17.2 Å². The molecule has 0 fully saturated rings. The normalized spacial score (nSPS) is 18.1. The molecule has 0 bridgehead atoms. The Morgan fingerprint density at radius 1 is 0.917 bits per heavy atom. The van der Waals surface area contributed by atoms with E-state index in [4.69, 9.17) is 23.7 Å². The molecule has 0 radical (unpaired) electrons. The van der Waals surface area contributed by atoms with Crippen LogP contribution in [0.4, 0.5) is 0 Å². The highest BCUT2D eigenvalue weighted by molar-refractivity contribution is 5.73. The first kappa shape index (κ1) is 23.8. The molecule has 2 atom stereocenters. The average Bonchev–Trinajstić information content (AvgIpc) is 3.46. The summed E-state index contributed by atoms with van der Waals surface area (Å²) in [5.74, 6) is 2.33. The molecule has 188 valence electrons. The standard InChI is InChI=1S/C28H29NO7/c1-4-33-19-8-9-20-22(13-19)28(21-10-7-18(32-3)14-23(21)30)29(15-26(31)34-5-2)27(20)17-6-11-24-25(12-17)36-16-35-24/h6-14,27-28,30H,4-5,15-16H2,1-3H3/t27-,28-/m1/s1. The van der Waals surface area contributed by atoms with Crippen molar-refractivity contribution in [3.8, 4) is 28.7 Å². The second-order valence-electron chi connectivity index (χ2n) is 8.54. The molecule has 2 aliphatic rings. The van der Waals surface area contributed by atoms with E-state index in [1.165, 1.54) is 0 Å². The van der Waals surface area contributed by atoms with Crippen molar-refractivity contribution >= 4 is 5.97 Å². The highest BCUT2D eigenvalue weighted by Gasteiger charge is 2.43. The van der Waals surface area contributed by atoms with Gasteiger partial charge in [0.15, 0.2) is 11.5 Å². The molecule has 5 rings (SSSR count). The number of carbonyl (C=O) groups is 1. The van der Waals surface area contributed by atoms with Gasteiger partial charge in [0.05, 0.1) is 39.0 Å². The summed E-state index contributed by atoms with van der Waals surface area (Å²) in [5, 5.41) is 11.0. The largest absolute Gasteiger partial charge is 0.507 e. The van der Waals surface area contributed by atoms with Crippen LogP contribution in [0.1, 0.15) is 48.2 Å². The van der Waals surface area contributed by atoms with Gasteiger partial charge in [-0.15, -0.1) is 0 Å². The van der Waals surface area contributed by atoms with Gasteiger partial charge in [-0.05, 0) is 66.9 Å². The summed E-state index contributed by atoms with van der Waals surface area (Å²) in [5.41, 5.74) is 3.53. The van der Waals surface area contributed by atoms with Crippen molar-refractivity contribution in [2.45, 2.75) is 25.9 Å². The SMILES string of the molecule is CCOC(=O)CN1[C@H](c2ccc(OC)cc2O)c2cc(OCC)ccc2[C@H]1c1ccc2c(c1)OCO2. The molecule has 2 aliphatic heterocycles. The number of hydrogen-bond donors (Lipinski definition) is 1. The number of phenols is 1. The van der Waals surface area contributed by atoms with Crippen LogP contribution in [0.3, 0.4) is 0 Å². The van der Waals surface area contributed by atoms with Crippen molar-refractivity contribution in [3.63, 3.8) is 0 Å². The fourth-order valence-electron chi connectivity index (χ4n) is 5.02. The Morgan fingerprint density at radius 2 is 1.69 bits per heavy atom. The van der Waals surface area contributed by atoms with Gasteiger partial charge in [-0.1, -0.05) is 12.1 Å². The summed E-state index contributed by atoms with van der Waals surface area (Å²) in [6.45, 7) is 4.71. The van der Waals surface area contributed by atoms with E-state index in [1.54, 1.807) is 26.2 Å². The molecule has 0 spiro atoms. The Balaban J connectivity index is 1.69. The molecular weight excluding hydrogens is 462 g/mol.